The van der Waals surface area contributed by atoms with Crippen LogP contribution in [0.1, 0.15) is 5.56 Å². The van der Waals surface area contributed by atoms with E-state index in [0.717, 1.165) is 4.68 Å². The lowest BCUT2D eigenvalue weighted by molar-refractivity contribution is 0.475. The second kappa shape index (κ2) is 8.01. The van der Waals surface area contributed by atoms with E-state index in [1.807, 2.05) is 0 Å². The topological polar surface area (TPSA) is 101 Å². The van der Waals surface area contributed by atoms with Crippen LogP contribution < -0.4 is 11.3 Å². The molecule has 11 heteroatoms. The highest BCUT2D eigenvalue weighted by Crippen LogP contribution is 2.29. The Morgan fingerprint density at radius 3 is 2.65 bits per heavy atom. The van der Waals surface area contributed by atoms with Crippen molar-refractivity contribution in [2.45, 2.75) is 0 Å². The lowest BCUT2D eigenvalue weighted by Gasteiger charge is -2.02. The predicted octanol–water partition coefficient (Wildman–Crippen LogP) is 2.29. The molecule has 110 valence electrons. The van der Waals surface area contributed by atoms with Crippen molar-refractivity contribution in [2.75, 3.05) is 11.3 Å². The molecule has 0 fully saturated rings. The van der Waals surface area contributed by atoms with E-state index in [-0.39, 0.29) is 41.5 Å². The molecule has 0 spiro atoms. The van der Waals surface area contributed by atoms with Crippen LogP contribution in [0.5, 0.6) is 5.75 Å². The quantitative estimate of drug-likeness (QED) is 0.443. The smallest absolute Gasteiger partial charge is 0.263 e. The lowest BCUT2D eigenvalue weighted by atomic mass is 10.2. The van der Waals surface area contributed by atoms with Crippen LogP contribution in [0.4, 0.5) is 5.95 Å². The number of aromatic nitrogens is 3. The first-order chi connectivity index (χ1) is 8.58. The van der Waals surface area contributed by atoms with Crippen molar-refractivity contribution in [2.24, 2.45) is 5.10 Å². The van der Waals surface area contributed by atoms with E-state index in [4.69, 9.17) is 29.0 Å². The summed E-state index contributed by atoms with van der Waals surface area (Å²) in [5.74, 6) is 5.60. The van der Waals surface area contributed by atoms with Gasteiger partial charge in [-0.3, -0.25) is 0 Å². The largest absolute Gasteiger partial charge is 0.506 e. The van der Waals surface area contributed by atoms with Crippen LogP contribution in [0.2, 0.25) is 10.0 Å². The standard InChI is InChI=1S/C9H8Cl2N6O.2ClH/c10-6-1-5(8(18)7(11)2-6)3-13-15-9-16-14-4-17(9)12;;/h1-4,18H,12H2,(H,15,16);2*1H/b13-3-;;. The number of phenols is 1. The SMILES string of the molecule is Cl.Cl.Nn1cnnc1N/N=C\c1cc(Cl)cc(Cl)c1O. The van der Waals surface area contributed by atoms with Gasteiger partial charge in [-0.15, -0.1) is 35.0 Å². The molecular weight excluding hydrogens is 350 g/mol. The number of nitrogen functional groups attached to an aromatic ring is 1. The van der Waals surface area contributed by atoms with Crippen LogP contribution in [0.3, 0.4) is 0 Å². The molecule has 0 unspecified atom stereocenters. The number of nitrogens with zero attached hydrogens (tertiary/aromatic N) is 4. The maximum atomic E-state index is 9.67. The van der Waals surface area contributed by atoms with Crippen LogP contribution in [0.25, 0.3) is 0 Å². The van der Waals surface area contributed by atoms with Gasteiger partial charge in [0, 0.05) is 10.6 Å². The molecule has 0 radical (unpaired) electrons. The molecule has 0 bridgehead atoms. The normalized spacial score (nSPS) is 9.90. The van der Waals surface area contributed by atoms with Crippen LogP contribution in [0, 0.1) is 0 Å². The molecule has 0 amide bonds. The maximum Gasteiger partial charge on any atom is 0.263 e. The van der Waals surface area contributed by atoms with Crippen molar-refractivity contribution >= 4 is 60.2 Å². The first-order valence-corrected chi connectivity index (χ1v) is 5.45. The molecule has 0 aliphatic carbocycles. The highest BCUT2D eigenvalue weighted by atomic mass is 35.5. The third-order valence-electron chi connectivity index (χ3n) is 2.00. The molecule has 0 saturated carbocycles. The lowest BCUT2D eigenvalue weighted by Crippen LogP contribution is -2.10. The number of benzene rings is 1. The van der Waals surface area contributed by atoms with E-state index in [1.165, 1.54) is 24.7 Å². The maximum absolute atomic E-state index is 9.67. The van der Waals surface area contributed by atoms with E-state index in [0.29, 0.717) is 10.6 Å². The summed E-state index contributed by atoms with van der Waals surface area (Å²) in [5.41, 5.74) is 2.91. The zero-order chi connectivity index (χ0) is 13.1. The van der Waals surface area contributed by atoms with Crippen molar-refractivity contribution in [3.8, 4) is 5.75 Å². The Balaban J connectivity index is 0.00000180. The highest BCUT2D eigenvalue weighted by Gasteiger charge is 2.06. The summed E-state index contributed by atoms with van der Waals surface area (Å²) in [6, 6.07) is 2.95. The van der Waals surface area contributed by atoms with E-state index < -0.39 is 0 Å². The van der Waals surface area contributed by atoms with E-state index >= 15 is 0 Å². The summed E-state index contributed by atoms with van der Waals surface area (Å²) >= 11 is 11.6. The number of hydrazone groups is 1. The first-order valence-electron chi connectivity index (χ1n) is 4.70. The highest BCUT2D eigenvalue weighted by molar-refractivity contribution is 6.36. The zero-order valence-corrected chi connectivity index (χ0v) is 12.8. The minimum Gasteiger partial charge on any atom is -0.506 e. The molecule has 0 aliphatic rings. The predicted molar refractivity (Wildman–Crippen MR) is 84.0 cm³/mol. The first kappa shape index (κ1) is 18.6. The van der Waals surface area contributed by atoms with Gasteiger partial charge in [0.25, 0.3) is 5.95 Å². The van der Waals surface area contributed by atoms with Crippen LogP contribution in [0.15, 0.2) is 23.6 Å². The van der Waals surface area contributed by atoms with Crippen LogP contribution >= 0.6 is 48.0 Å². The third kappa shape index (κ3) is 4.31. The molecule has 0 aliphatic heterocycles. The molecule has 4 N–H and O–H groups in total. The van der Waals surface area contributed by atoms with Gasteiger partial charge in [-0.05, 0) is 12.1 Å². The Morgan fingerprint density at radius 1 is 1.35 bits per heavy atom. The van der Waals surface area contributed by atoms with Crippen molar-refractivity contribution < 1.29 is 5.11 Å². The summed E-state index contributed by atoms with van der Waals surface area (Å²) in [4.78, 5) is 0. The molecule has 20 heavy (non-hydrogen) atoms. The number of hydrogen-bond acceptors (Lipinski definition) is 6. The molecule has 1 aromatic carbocycles. The number of halogens is 4. The molecule has 0 atom stereocenters. The summed E-state index contributed by atoms with van der Waals surface area (Å²) in [7, 11) is 0. The average Bonchev–Trinajstić information content (AvgIpc) is 2.71. The minimum absolute atomic E-state index is 0. The Kier molecular flexibility index (Phi) is 7.44. The van der Waals surface area contributed by atoms with Crippen molar-refractivity contribution in [3.63, 3.8) is 0 Å². The van der Waals surface area contributed by atoms with Gasteiger partial charge in [0.15, 0.2) is 0 Å². The van der Waals surface area contributed by atoms with Crippen molar-refractivity contribution in [1.29, 1.82) is 0 Å². The molecule has 1 heterocycles. The van der Waals surface area contributed by atoms with Crippen LogP contribution in [-0.2, 0) is 0 Å². The van der Waals surface area contributed by atoms with Crippen molar-refractivity contribution in [1.82, 2.24) is 14.9 Å². The van der Waals surface area contributed by atoms with E-state index in [9.17, 15) is 5.11 Å². The van der Waals surface area contributed by atoms with Gasteiger partial charge in [-0.1, -0.05) is 23.2 Å². The van der Waals surface area contributed by atoms with Gasteiger partial charge in [-0.2, -0.15) is 5.10 Å². The van der Waals surface area contributed by atoms with Gasteiger partial charge >= 0.3 is 0 Å². The number of nitrogens with one attached hydrogen (secondary N) is 1. The second-order valence-electron chi connectivity index (χ2n) is 3.26. The molecule has 7 nitrogen and oxygen atoms in total. The second-order valence-corrected chi connectivity index (χ2v) is 4.10. The number of nitrogens with two attached hydrogens (primary N) is 1. The third-order valence-corrected chi connectivity index (χ3v) is 2.51. The van der Waals surface area contributed by atoms with Crippen LogP contribution in [-0.4, -0.2) is 26.2 Å². The summed E-state index contributed by atoms with van der Waals surface area (Å²) in [6.07, 6.45) is 2.65. The number of rotatable bonds is 3. The Labute approximate surface area is 136 Å². The molecule has 2 rings (SSSR count). The minimum atomic E-state index is -0.110. The van der Waals surface area contributed by atoms with Gasteiger partial charge in [0.2, 0.25) is 0 Å². The monoisotopic (exact) mass is 358 g/mol. The average molecular weight is 360 g/mol. The number of aromatic hydroxyl groups is 1. The van der Waals surface area contributed by atoms with Gasteiger partial charge < -0.3 is 10.9 Å². The van der Waals surface area contributed by atoms with Gasteiger partial charge in [0.1, 0.15) is 12.1 Å². The van der Waals surface area contributed by atoms with E-state index in [2.05, 4.69) is 20.7 Å². The Hall–Kier alpha value is -1.41. The molecule has 2 aromatic rings. The number of anilines is 1. The number of phenolic OH excluding ortho intramolecular Hbond substituents is 1. The van der Waals surface area contributed by atoms with Gasteiger partial charge in [-0.25, -0.2) is 10.1 Å². The number of hydrogen-bond donors (Lipinski definition) is 3. The zero-order valence-electron chi connectivity index (χ0n) is 9.70. The fourth-order valence-electron chi connectivity index (χ4n) is 1.17. The van der Waals surface area contributed by atoms with Gasteiger partial charge in [0.05, 0.1) is 11.2 Å². The molecule has 0 saturated heterocycles. The van der Waals surface area contributed by atoms with E-state index in [1.54, 1.807) is 0 Å². The summed E-state index contributed by atoms with van der Waals surface area (Å²) in [5, 5.41) is 21.2. The summed E-state index contributed by atoms with van der Waals surface area (Å²) < 4.78 is 1.15. The van der Waals surface area contributed by atoms with Crippen molar-refractivity contribution in [3.05, 3.63) is 34.1 Å². The summed E-state index contributed by atoms with van der Waals surface area (Å²) in [6.45, 7) is 0. The Bertz CT molecular complexity index is 602. The molecule has 1 aromatic heterocycles. The fraction of sp³-hybridized carbons (Fsp3) is 0. The molecular formula is C9H10Cl4N6O. The Morgan fingerprint density at radius 2 is 2.05 bits per heavy atom. The fourth-order valence-corrected chi connectivity index (χ4v) is 1.68.